The lowest BCUT2D eigenvalue weighted by Crippen LogP contribution is -2.30. The van der Waals surface area contributed by atoms with Crippen LogP contribution in [0.25, 0.3) is 0 Å². The maximum Gasteiger partial charge on any atom is 0.306 e. The van der Waals surface area contributed by atoms with Crippen molar-refractivity contribution in [3.05, 3.63) is 36.5 Å². The molecule has 0 bridgehead atoms. The lowest BCUT2D eigenvalue weighted by molar-refractivity contribution is -0.167. The van der Waals surface area contributed by atoms with Crippen molar-refractivity contribution < 1.29 is 28.6 Å². The van der Waals surface area contributed by atoms with Crippen molar-refractivity contribution >= 4 is 17.9 Å². The van der Waals surface area contributed by atoms with Crippen LogP contribution >= 0.6 is 0 Å². The lowest BCUT2D eigenvalue weighted by atomic mass is 10.1. The molecule has 0 amide bonds. The van der Waals surface area contributed by atoms with Crippen molar-refractivity contribution in [3.63, 3.8) is 0 Å². The molecule has 0 radical (unpaired) electrons. The lowest BCUT2D eigenvalue weighted by Gasteiger charge is -2.18. The third kappa shape index (κ3) is 40.8. The first-order valence-corrected chi connectivity index (χ1v) is 23.0. The number of ether oxygens (including phenoxy) is 3. The van der Waals surface area contributed by atoms with E-state index in [4.69, 9.17) is 14.2 Å². The smallest absolute Gasteiger partial charge is 0.306 e. The van der Waals surface area contributed by atoms with Crippen molar-refractivity contribution in [1.29, 1.82) is 0 Å². The normalized spacial score (nSPS) is 11.8. The summed E-state index contributed by atoms with van der Waals surface area (Å²) < 4.78 is 16.7. The van der Waals surface area contributed by atoms with E-state index < -0.39 is 6.10 Å². The first-order chi connectivity index (χ1) is 26.5. The number of rotatable bonds is 41. The molecule has 0 rings (SSSR count). The topological polar surface area (TPSA) is 78.9 Å². The Kier molecular flexibility index (Phi) is 41.5. The highest BCUT2D eigenvalue weighted by molar-refractivity contribution is 5.71. The van der Waals surface area contributed by atoms with Gasteiger partial charge in [-0.3, -0.25) is 14.4 Å². The molecule has 0 saturated carbocycles. The van der Waals surface area contributed by atoms with Crippen LogP contribution in [0.5, 0.6) is 0 Å². The Balaban J connectivity index is 4.41. The van der Waals surface area contributed by atoms with Gasteiger partial charge in [0.25, 0.3) is 0 Å². The number of unbranched alkanes of at least 4 members (excludes halogenated alkanes) is 24. The molecule has 0 aromatic rings. The van der Waals surface area contributed by atoms with Gasteiger partial charge in [-0.05, 0) is 96.3 Å². The summed E-state index contributed by atoms with van der Waals surface area (Å²) in [6, 6.07) is 0. The molecule has 314 valence electrons. The number of hydrogen-bond acceptors (Lipinski definition) is 6. The summed E-state index contributed by atoms with van der Waals surface area (Å²) in [5.74, 6) is -0.908. The molecule has 0 N–H and O–H groups in total. The third-order valence-corrected chi connectivity index (χ3v) is 9.84. The van der Waals surface area contributed by atoms with Crippen molar-refractivity contribution in [1.82, 2.24) is 0 Å². The molecule has 0 aliphatic heterocycles. The van der Waals surface area contributed by atoms with Gasteiger partial charge in [-0.25, -0.2) is 0 Å². The van der Waals surface area contributed by atoms with Crippen LogP contribution in [0, 0.1) is 0 Å². The van der Waals surface area contributed by atoms with Gasteiger partial charge < -0.3 is 14.2 Å². The maximum atomic E-state index is 12.7. The SMILES string of the molecule is CCCCC/C=C\CCCCCCCC(=O)OCC(COC(=O)CCCCCCC/C=C\CCCCC)OC(=O)CCCCCCC/C=C\CCCCC. The van der Waals surface area contributed by atoms with Crippen LogP contribution < -0.4 is 0 Å². The van der Waals surface area contributed by atoms with E-state index in [-0.39, 0.29) is 31.1 Å². The molecule has 0 atom stereocenters. The second-order valence-electron chi connectivity index (χ2n) is 15.3. The number of allylic oxidation sites excluding steroid dienone is 6. The minimum absolute atomic E-state index is 0.0819. The van der Waals surface area contributed by atoms with Crippen LogP contribution in [0.2, 0.25) is 0 Å². The summed E-state index contributed by atoms with van der Waals surface area (Å²) in [5.41, 5.74) is 0. The van der Waals surface area contributed by atoms with Gasteiger partial charge >= 0.3 is 17.9 Å². The van der Waals surface area contributed by atoms with E-state index in [1.807, 2.05) is 0 Å². The van der Waals surface area contributed by atoms with E-state index in [9.17, 15) is 14.4 Å². The number of hydrogen-bond donors (Lipinski definition) is 0. The van der Waals surface area contributed by atoms with Gasteiger partial charge in [0.15, 0.2) is 6.10 Å². The molecule has 6 nitrogen and oxygen atoms in total. The van der Waals surface area contributed by atoms with Gasteiger partial charge in [0.05, 0.1) is 0 Å². The van der Waals surface area contributed by atoms with Crippen LogP contribution in [0.4, 0.5) is 0 Å². The van der Waals surface area contributed by atoms with Crippen LogP contribution in [0.15, 0.2) is 36.5 Å². The zero-order valence-corrected chi connectivity index (χ0v) is 35.7. The monoisotopic (exact) mass is 759 g/mol. The highest BCUT2D eigenvalue weighted by Gasteiger charge is 2.19. The van der Waals surface area contributed by atoms with Crippen LogP contribution in [0.3, 0.4) is 0 Å². The van der Waals surface area contributed by atoms with Gasteiger partial charge in [0.2, 0.25) is 0 Å². The van der Waals surface area contributed by atoms with Crippen LogP contribution in [0.1, 0.15) is 233 Å². The van der Waals surface area contributed by atoms with Gasteiger partial charge in [-0.2, -0.15) is 0 Å². The fourth-order valence-electron chi connectivity index (χ4n) is 6.31. The summed E-state index contributed by atoms with van der Waals surface area (Å²) in [4.78, 5) is 37.7. The molecule has 0 heterocycles. The fraction of sp³-hybridized carbons (Fsp3) is 0.812. The minimum atomic E-state index is -0.778. The Labute approximate surface area is 334 Å². The molecule has 0 aliphatic carbocycles. The number of esters is 3. The molecule has 0 fully saturated rings. The van der Waals surface area contributed by atoms with E-state index in [0.717, 1.165) is 83.5 Å². The van der Waals surface area contributed by atoms with Crippen molar-refractivity contribution in [2.24, 2.45) is 0 Å². The molecule has 0 aliphatic rings. The number of carbonyl (C=O) groups is 3. The van der Waals surface area contributed by atoms with E-state index in [1.165, 1.54) is 109 Å². The minimum Gasteiger partial charge on any atom is -0.462 e. The summed E-state index contributed by atoms with van der Waals surface area (Å²) >= 11 is 0. The highest BCUT2D eigenvalue weighted by atomic mass is 16.6. The largest absolute Gasteiger partial charge is 0.462 e. The fourth-order valence-corrected chi connectivity index (χ4v) is 6.31. The first-order valence-electron chi connectivity index (χ1n) is 23.0. The Morgan fingerprint density at radius 1 is 0.352 bits per heavy atom. The zero-order chi connectivity index (χ0) is 39.4. The summed E-state index contributed by atoms with van der Waals surface area (Å²) in [6.45, 7) is 6.53. The Bertz CT molecular complexity index is 872. The zero-order valence-electron chi connectivity index (χ0n) is 35.7. The third-order valence-electron chi connectivity index (χ3n) is 9.84. The summed E-state index contributed by atoms with van der Waals surface area (Å²) in [5, 5.41) is 0. The standard InChI is InChI=1S/C48H86O6/c1-4-7-10-13-16-19-22-25-28-31-34-37-40-46(49)52-43-45(54-48(51)42-39-36-33-30-27-24-21-18-15-12-9-6-3)44-53-47(50)41-38-35-32-29-26-23-20-17-14-11-8-5-2/h16-21,45H,4-15,22-44H2,1-3H3/b19-16-,20-17-,21-18-. The van der Waals surface area contributed by atoms with Gasteiger partial charge in [-0.15, -0.1) is 0 Å². The summed E-state index contributed by atoms with van der Waals surface area (Å²) in [7, 11) is 0. The molecule has 6 heteroatoms. The quantitative estimate of drug-likeness (QED) is 0.0267. The van der Waals surface area contributed by atoms with Gasteiger partial charge in [0.1, 0.15) is 13.2 Å². The number of carbonyl (C=O) groups excluding carboxylic acids is 3. The van der Waals surface area contributed by atoms with E-state index in [2.05, 4.69) is 57.2 Å². The molecular formula is C48H86O6. The average molecular weight is 759 g/mol. The van der Waals surface area contributed by atoms with Crippen molar-refractivity contribution in [2.75, 3.05) is 13.2 Å². The highest BCUT2D eigenvalue weighted by Crippen LogP contribution is 2.13. The van der Waals surface area contributed by atoms with E-state index in [0.29, 0.717) is 19.3 Å². The first kappa shape index (κ1) is 51.6. The second-order valence-corrected chi connectivity index (χ2v) is 15.3. The molecule has 0 aromatic carbocycles. The Hall–Kier alpha value is -2.37. The second kappa shape index (κ2) is 43.4. The van der Waals surface area contributed by atoms with Crippen molar-refractivity contribution in [3.8, 4) is 0 Å². The molecule has 0 aromatic heterocycles. The molecule has 0 unspecified atom stereocenters. The summed E-state index contributed by atoms with van der Waals surface area (Å²) in [6.07, 6.45) is 48.3. The van der Waals surface area contributed by atoms with Crippen molar-refractivity contribution in [2.45, 2.75) is 239 Å². The predicted octanol–water partition coefficient (Wildman–Crippen LogP) is 14.6. The maximum absolute atomic E-state index is 12.7. The van der Waals surface area contributed by atoms with Gasteiger partial charge in [-0.1, -0.05) is 154 Å². The molecular weight excluding hydrogens is 673 g/mol. The van der Waals surface area contributed by atoms with Crippen LogP contribution in [-0.4, -0.2) is 37.2 Å². The Morgan fingerprint density at radius 2 is 0.611 bits per heavy atom. The Morgan fingerprint density at radius 3 is 0.926 bits per heavy atom. The van der Waals surface area contributed by atoms with Crippen LogP contribution in [-0.2, 0) is 28.6 Å². The molecule has 54 heavy (non-hydrogen) atoms. The van der Waals surface area contributed by atoms with Gasteiger partial charge in [0, 0.05) is 19.3 Å². The molecule has 0 spiro atoms. The van der Waals surface area contributed by atoms with E-state index >= 15 is 0 Å². The average Bonchev–Trinajstić information content (AvgIpc) is 3.17. The van der Waals surface area contributed by atoms with E-state index in [1.54, 1.807) is 0 Å². The molecule has 0 saturated heterocycles. The predicted molar refractivity (Wildman–Crippen MR) is 229 cm³/mol.